The Bertz CT molecular complexity index is 850. The topological polar surface area (TPSA) is 58.6 Å². The lowest BCUT2D eigenvalue weighted by Gasteiger charge is -2.29. The summed E-state index contributed by atoms with van der Waals surface area (Å²) in [7, 11) is 0. The van der Waals surface area contributed by atoms with Crippen LogP contribution in [0.3, 0.4) is 0 Å². The minimum atomic E-state index is -0.614. The van der Waals surface area contributed by atoms with Gasteiger partial charge in [0.05, 0.1) is 0 Å². The number of amides is 2. The highest BCUT2D eigenvalue weighted by Crippen LogP contribution is 2.18. The molecule has 0 radical (unpaired) electrons. The fourth-order valence-corrected chi connectivity index (χ4v) is 3.07. The summed E-state index contributed by atoms with van der Waals surface area (Å²) < 4.78 is 6.68. The van der Waals surface area contributed by atoms with E-state index in [9.17, 15) is 9.59 Å². The Balaban J connectivity index is 2.15. The minimum absolute atomic E-state index is 0.00127. The molecular formula is C23H29BrN2O3. The highest BCUT2D eigenvalue weighted by atomic mass is 79.9. The van der Waals surface area contributed by atoms with E-state index in [1.165, 1.54) is 5.56 Å². The van der Waals surface area contributed by atoms with E-state index in [2.05, 4.69) is 21.2 Å². The molecule has 2 aromatic carbocycles. The molecule has 5 nitrogen and oxygen atoms in total. The zero-order valence-corrected chi connectivity index (χ0v) is 19.2. The molecule has 0 aliphatic heterocycles. The van der Waals surface area contributed by atoms with Crippen molar-refractivity contribution in [2.75, 3.05) is 6.61 Å². The second kappa shape index (κ2) is 10.4. The van der Waals surface area contributed by atoms with Crippen LogP contribution < -0.4 is 10.1 Å². The Morgan fingerprint density at radius 3 is 2.28 bits per heavy atom. The van der Waals surface area contributed by atoms with Crippen LogP contribution >= 0.6 is 15.9 Å². The highest BCUT2D eigenvalue weighted by Gasteiger charge is 2.26. The number of hydrogen-bond acceptors (Lipinski definition) is 3. The Morgan fingerprint density at radius 2 is 1.69 bits per heavy atom. The first-order chi connectivity index (χ1) is 13.7. The molecule has 0 spiro atoms. The molecule has 6 heteroatoms. The maximum atomic E-state index is 13.0. The van der Waals surface area contributed by atoms with Gasteiger partial charge in [0.2, 0.25) is 5.91 Å². The summed E-state index contributed by atoms with van der Waals surface area (Å²) in [4.78, 5) is 27.1. The molecule has 0 saturated carbocycles. The van der Waals surface area contributed by atoms with Crippen LogP contribution in [0.15, 0.2) is 46.9 Å². The second-order valence-corrected chi connectivity index (χ2v) is 8.44. The molecule has 0 aromatic heterocycles. The maximum Gasteiger partial charge on any atom is 0.261 e. The number of benzene rings is 2. The van der Waals surface area contributed by atoms with Gasteiger partial charge in [0, 0.05) is 17.1 Å². The van der Waals surface area contributed by atoms with E-state index in [1.807, 2.05) is 70.2 Å². The third-order valence-corrected chi connectivity index (χ3v) is 5.23. The average molecular weight is 461 g/mol. The van der Waals surface area contributed by atoms with E-state index in [0.717, 1.165) is 15.6 Å². The van der Waals surface area contributed by atoms with Gasteiger partial charge in [-0.1, -0.05) is 34.1 Å². The van der Waals surface area contributed by atoms with Crippen molar-refractivity contribution in [3.8, 4) is 5.75 Å². The van der Waals surface area contributed by atoms with Crippen molar-refractivity contribution in [1.29, 1.82) is 0 Å². The van der Waals surface area contributed by atoms with Gasteiger partial charge in [-0.05, 0) is 75.6 Å². The molecule has 0 saturated heterocycles. The Morgan fingerprint density at radius 1 is 1.03 bits per heavy atom. The number of aryl methyl sites for hydroxylation is 2. The van der Waals surface area contributed by atoms with Crippen molar-refractivity contribution in [3.63, 3.8) is 0 Å². The molecule has 0 aliphatic rings. The van der Waals surface area contributed by atoms with Gasteiger partial charge in [0.25, 0.3) is 5.91 Å². The van der Waals surface area contributed by atoms with Crippen LogP contribution in [-0.2, 0) is 16.1 Å². The number of ether oxygens (including phenoxy) is 1. The van der Waals surface area contributed by atoms with E-state index < -0.39 is 6.04 Å². The van der Waals surface area contributed by atoms with E-state index in [4.69, 9.17) is 4.74 Å². The van der Waals surface area contributed by atoms with E-state index in [-0.39, 0.29) is 24.5 Å². The number of carbonyl (C=O) groups excluding carboxylic acids is 2. The van der Waals surface area contributed by atoms with Crippen LogP contribution in [0, 0.1) is 13.8 Å². The molecule has 2 amide bonds. The lowest BCUT2D eigenvalue weighted by Crippen LogP contribution is -2.50. The van der Waals surface area contributed by atoms with Crippen molar-refractivity contribution >= 4 is 27.7 Å². The molecule has 1 N–H and O–H groups in total. The summed E-state index contributed by atoms with van der Waals surface area (Å²) in [6.07, 6.45) is 0. The van der Waals surface area contributed by atoms with Crippen molar-refractivity contribution < 1.29 is 14.3 Å². The number of rotatable bonds is 8. The second-order valence-electron chi connectivity index (χ2n) is 7.52. The van der Waals surface area contributed by atoms with Gasteiger partial charge in [-0.3, -0.25) is 9.59 Å². The van der Waals surface area contributed by atoms with Crippen LogP contribution in [0.1, 0.15) is 37.5 Å². The molecule has 29 heavy (non-hydrogen) atoms. The SMILES string of the molecule is Cc1ccc(OCC(=O)N(Cc2ccc(Br)cc2)[C@@H](C)C(=O)NC(C)C)cc1C. The number of carbonyl (C=O) groups is 2. The zero-order chi connectivity index (χ0) is 21.6. The van der Waals surface area contributed by atoms with E-state index in [0.29, 0.717) is 12.3 Å². The molecule has 0 fully saturated rings. The summed E-state index contributed by atoms with van der Waals surface area (Å²) in [5.41, 5.74) is 3.21. The standard InChI is InChI=1S/C23H29BrN2O3/c1-15(2)25-23(28)18(5)26(13-19-7-9-20(24)10-8-19)22(27)14-29-21-11-6-16(3)17(4)12-21/h6-12,15,18H,13-14H2,1-5H3,(H,25,28)/t18-/m0/s1. The number of nitrogens with zero attached hydrogens (tertiary/aromatic N) is 1. The molecule has 2 rings (SSSR count). The lowest BCUT2D eigenvalue weighted by molar-refractivity contribution is -0.142. The molecule has 0 heterocycles. The molecule has 2 aromatic rings. The van der Waals surface area contributed by atoms with Crippen molar-refractivity contribution in [1.82, 2.24) is 10.2 Å². The van der Waals surface area contributed by atoms with Gasteiger partial charge in [0.15, 0.2) is 6.61 Å². The van der Waals surface area contributed by atoms with Crippen LogP contribution in [0.2, 0.25) is 0 Å². The third-order valence-electron chi connectivity index (χ3n) is 4.71. The average Bonchev–Trinajstić information content (AvgIpc) is 2.67. The smallest absolute Gasteiger partial charge is 0.261 e. The Hall–Kier alpha value is -2.34. The first-order valence-corrected chi connectivity index (χ1v) is 10.5. The summed E-state index contributed by atoms with van der Waals surface area (Å²) >= 11 is 3.42. The highest BCUT2D eigenvalue weighted by molar-refractivity contribution is 9.10. The van der Waals surface area contributed by atoms with Crippen molar-refractivity contribution in [2.45, 2.75) is 53.2 Å². The summed E-state index contributed by atoms with van der Waals surface area (Å²) in [5, 5.41) is 2.88. The van der Waals surface area contributed by atoms with Crippen LogP contribution in [0.4, 0.5) is 0 Å². The molecule has 0 bridgehead atoms. The van der Waals surface area contributed by atoms with E-state index >= 15 is 0 Å². The predicted octanol–water partition coefficient (Wildman–Crippen LogP) is 4.39. The maximum absolute atomic E-state index is 13.0. The van der Waals surface area contributed by atoms with Gasteiger partial charge < -0.3 is 15.0 Å². The molecular weight excluding hydrogens is 432 g/mol. The quantitative estimate of drug-likeness (QED) is 0.635. The van der Waals surface area contributed by atoms with Crippen LogP contribution in [0.25, 0.3) is 0 Å². The lowest BCUT2D eigenvalue weighted by atomic mass is 10.1. The van der Waals surface area contributed by atoms with Gasteiger partial charge in [0.1, 0.15) is 11.8 Å². The van der Waals surface area contributed by atoms with Crippen LogP contribution in [-0.4, -0.2) is 35.4 Å². The first-order valence-electron chi connectivity index (χ1n) is 9.71. The molecule has 1 atom stereocenters. The van der Waals surface area contributed by atoms with Crippen LogP contribution in [0.5, 0.6) is 5.75 Å². The Labute approximate surface area is 181 Å². The summed E-state index contributed by atoms with van der Waals surface area (Å²) in [5.74, 6) is 0.221. The normalized spacial score (nSPS) is 11.8. The summed E-state index contributed by atoms with van der Waals surface area (Å²) in [6, 6.07) is 12.8. The van der Waals surface area contributed by atoms with Gasteiger partial charge >= 0.3 is 0 Å². The van der Waals surface area contributed by atoms with Crippen molar-refractivity contribution in [2.24, 2.45) is 0 Å². The fourth-order valence-electron chi connectivity index (χ4n) is 2.81. The van der Waals surface area contributed by atoms with E-state index in [1.54, 1.807) is 11.8 Å². The predicted molar refractivity (Wildman–Crippen MR) is 119 cm³/mol. The number of hydrogen-bond donors (Lipinski definition) is 1. The molecule has 0 unspecified atom stereocenters. The monoisotopic (exact) mass is 460 g/mol. The summed E-state index contributed by atoms with van der Waals surface area (Å²) in [6.45, 7) is 9.77. The Kier molecular flexibility index (Phi) is 8.26. The van der Waals surface area contributed by atoms with Gasteiger partial charge in [-0.2, -0.15) is 0 Å². The number of halogens is 1. The fraction of sp³-hybridized carbons (Fsp3) is 0.391. The minimum Gasteiger partial charge on any atom is -0.484 e. The van der Waals surface area contributed by atoms with Gasteiger partial charge in [-0.15, -0.1) is 0 Å². The molecule has 156 valence electrons. The largest absolute Gasteiger partial charge is 0.484 e. The molecule has 0 aliphatic carbocycles. The zero-order valence-electron chi connectivity index (χ0n) is 17.7. The first kappa shape index (κ1) is 22.9. The third kappa shape index (κ3) is 6.89. The van der Waals surface area contributed by atoms with Crippen molar-refractivity contribution in [3.05, 3.63) is 63.6 Å². The number of nitrogens with one attached hydrogen (secondary N) is 1. The van der Waals surface area contributed by atoms with Gasteiger partial charge in [-0.25, -0.2) is 0 Å².